The highest BCUT2D eigenvalue weighted by atomic mass is 32.1. The molecule has 1 aromatic rings. The largest absolute Gasteiger partial charge is 0.312 e. The lowest BCUT2D eigenvalue weighted by Crippen LogP contribution is -2.46. The zero-order valence-corrected chi connectivity index (χ0v) is 14.2. The van der Waals surface area contributed by atoms with E-state index < -0.39 is 0 Å². The first kappa shape index (κ1) is 15.5. The molecule has 1 aliphatic heterocycles. The summed E-state index contributed by atoms with van der Waals surface area (Å²) in [6.45, 7) is 6.15. The average Bonchev–Trinajstić information content (AvgIpc) is 2.89. The monoisotopic (exact) mass is 306 g/mol. The van der Waals surface area contributed by atoms with E-state index >= 15 is 0 Å². The summed E-state index contributed by atoms with van der Waals surface area (Å²) < 4.78 is 0. The Balaban J connectivity index is 1.58. The molecular formula is C18H30N2S. The van der Waals surface area contributed by atoms with Crippen molar-refractivity contribution in [3.63, 3.8) is 0 Å². The molecule has 1 saturated carbocycles. The molecule has 0 amide bonds. The van der Waals surface area contributed by atoms with Crippen LogP contribution in [0.2, 0.25) is 0 Å². The van der Waals surface area contributed by atoms with E-state index in [1.54, 1.807) is 0 Å². The highest BCUT2D eigenvalue weighted by Gasteiger charge is 2.28. The van der Waals surface area contributed by atoms with Crippen LogP contribution < -0.4 is 5.32 Å². The van der Waals surface area contributed by atoms with E-state index in [1.807, 2.05) is 11.3 Å². The number of hydrogen-bond acceptors (Lipinski definition) is 3. The summed E-state index contributed by atoms with van der Waals surface area (Å²) in [5.41, 5.74) is 1.51. The van der Waals surface area contributed by atoms with Gasteiger partial charge in [-0.2, -0.15) is 11.3 Å². The number of thiophene rings is 1. The molecule has 2 heterocycles. The predicted molar refractivity (Wildman–Crippen MR) is 92.0 cm³/mol. The zero-order valence-electron chi connectivity index (χ0n) is 13.4. The van der Waals surface area contributed by atoms with Gasteiger partial charge in [0, 0.05) is 18.6 Å². The highest BCUT2D eigenvalue weighted by molar-refractivity contribution is 7.07. The maximum atomic E-state index is 3.86. The molecule has 1 aliphatic carbocycles. The van der Waals surface area contributed by atoms with Crippen LogP contribution in [0.25, 0.3) is 0 Å². The van der Waals surface area contributed by atoms with Crippen LogP contribution in [0.4, 0.5) is 0 Å². The third-order valence-corrected chi connectivity index (χ3v) is 6.15. The van der Waals surface area contributed by atoms with Gasteiger partial charge in [-0.05, 0) is 74.0 Å². The third-order valence-electron chi connectivity index (χ3n) is 5.41. The Bertz CT molecular complexity index is 397. The minimum atomic E-state index is 0.672. The standard InChI is InChI=1S/C18H30N2S/c1-15(12-16-8-11-21-14-16)20-10-5-9-19-18(13-20)17-6-3-2-4-7-17/h8,11,14-15,17-19H,2-7,9-10,12-13H2,1H3. The van der Waals surface area contributed by atoms with Crippen LogP contribution in [0.1, 0.15) is 51.0 Å². The Hall–Kier alpha value is -0.380. The van der Waals surface area contributed by atoms with Gasteiger partial charge >= 0.3 is 0 Å². The third kappa shape index (κ3) is 4.30. The second kappa shape index (κ2) is 7.75. The van der Waals surface area contributed by atoms with Crippen LogP contribution in [0.3, 0.4) is 0 Å². The second-order valence-electron chi connectivity index (χ2n) is 6.99. The number of nitrogens with one attached hydrogen (secondary N) is 1. The molecule has 0 bridgehead atoms. The van der Waals surface area contributed by atoms with Gasteiger partial charge in [0.2, 0.25) is 0 Å². The van der Waals surface area contributed by atoms with Gasteiger partial charge in [-0.1, -0.05) is 19.3 Å². The summed E-state index contributed by atoms with van der Waals surface area (Å²) in [6.07, 6.45) is 9.77. The Kier molecular flexibility index (Phi) is 5.73. The van der Waals surface area contributed by atoms with Gasteiger partial charge in [0.1, 0.15) is 0 Å². The minimum Gasteiger partial charge on any atom is -0.312 e. The number of rotatable bonds is 4. The fraction of sp³-hybridized carbons (Fsp3) is 0.778. The van der Waals surface area contributed by atoms with Crippen molar-refractivity contribution in [2.45, 2.75) is 64.0 Å². The maximum Gasteiger partial charge on any atom is 0.0223 e. The molecule has 118 valence electrons. The summed E-state index contributed by atoms with van der Waals surface area (Å²) in [4.78, 5) is 2.75. The van der Waals surface area contributed by atoms with Crippen LogP contribution in [0.5, 0.6) is 0 Å². The average molecular weight is 307 g/mol. The van der Waals surface area contributed by atoms with Crippen molar-refractivity contribution in [2.75, 3.05) is 19.6 Å². The van der Waals surface area contributed by atoms with Crippen LogP contribution >= 0.6 is 11.3 Å². The van der Waals surface area contributed by atoms with Crippen LogP contribution in [-0.2, 0) is 6.42 Å². The number of hydrogen-bond donors (Lipinski definition) is 1. The summed E-state index contributed by atoms with van der Waals surface area (Å²) in [5, 5.41) is 8.37. The van der Waals surface area contributed by atoms with Crippen molar-refractivity contribution in [3.8, 4) is 0 Å². The SMILES string of the molecule is CC(Cc1ccsc1)N1CCCNC(C2CCCCC2)C1. The topological polar surface area (TPSA) is 15.3 Å². The van der Waals surface area contributed by atoms with Gasteiger partial charge in [0.25, 0.3) is 0 Å². The fourth-order valence-electron chi connectivity index (χ4n) is 4.11. The van der Waals surface area contributed by atoms with Crippen molar-refractivity contribution in [1.29, 1.82) is 0 Å². The Morgan fingerprint density at radius 1 is 1.29 bits per heavy atom. The zero-order chi connectivity index (χ0) is 14.5. The first-order chi connectivity index (χ1) is 10.3. The Labute approximate surface area is 133 Å². The summed E-state index contributed by atoms with van der Waals surface area (Å²) in [5.74, 6) is 0.924. The molecule has 2 unspecified atom stereocenters. The Morgan fingerprint density at radius 2 is 2.14 bits per heavy atom. The van der Waals surface area contributed by atoms with Gasteiger partial charge in [-0.15, -0.1) is 0 Å². The molecule has 21 heavy (non-hydrogen) atoms. The number of nitrogens with zero attached hydrogens (tertiary/aromatic N) is 1. The van der Waals surface area contributed by atoms with E-state index in [0.29, 0.717) is 6.04 Å². The molecule has 2 nitrogen and oxygen atoms in total. The minimum absolute atomic E-state index is 0.672. The quantitative estimate of drug-likeness (QED) is 0.907. The lowest BCUT2D eigenvalue weighted by atomic mass is 9.83. The lowest BCUT2D eigenvalue weighted by Gasteiger charge is -2.35. The lowest BCUT2D eigenvalue weighted by molar-refractivity contribution is 0.169. The van der Waals surface area contributed by atoms with Gasteiger partial charge in [-0.3, -0.25) is 4.90 Å². The van der Waals surface area contributed by atoms with Gasteiger partial charge in [0.05, 0.1) is 0 Å². The molecule has 2 fully saturated rings. The molecule has 1 aromatic heterocycles. The first-order valence-corrected chi connectivity index (χ1v) is 9.76. The summed E-state index contributed by atoms with van der Waals surface area (Å²) >= 11 is 1.82. The van der Waals surface area contributed by atoms with E-state index in [1.165, 1.54) is 70.1 Å². The molecule has 2 atom stereocenters. The van der Waals surface area contributed by atoms with E-state index in [4.69, 9.17) is 0 Å². The predicted octanol–water partition coefficient (Wildman–Crippen LogP) is 3.92. The van der Waals surface area contributed by atoms with Crippen LogP contribution in [-0.4, -0.2) is 36.6 Å². The highest BCUT2D eigenvalue weighted by Crippen LogP contribution is 2.28. The second-order valence-corrected chi connectivity index (χ2v) is 7.77. The van der Waals surface area contributed by atoms with Crippen molar-refractivity contribution in [3.05, 3.63) is 22.4 Å². The molecule has 0 aromatic carbocycles. The molecule has 0 spiro atoms. The molecular weight excluding hydrogens is 276 g/mol. The molecule has 2 aliphatic rings. The van der Waals surface area contributed by atoms with E-state index in [9.17, 15) is 0 Å². The molecule has 3 heteroatoms. The molecule has 1 N–H and O–H groups in total. The Morgan fingerprint density at radius 3 is 2.90 bits per heavy atom. The molecule has 0 radical (unpaired) electrons. The normalized spacial score (nSPS) is 27.4. The maximum absolute atomic E-state index is 3.86. The van der Waals surface area contributed by atoms with Crippen LogP contribution in [0, 0.1) is 5.92 Å². The molecule has 3 rings (SSSR count). The van der Waals surface area contributed by atoms with Crippen molar-refractivity contribution in [1.82, 2.24) is 10.2 Å². The first-order valence-electron chi connectivity index (χ1n) is 8.81. The van der Waals surface area contributed by atoms with Gasteiger partial charge in [0.15, 0.2) is 0 Å². The summed E-state index contributed by atoms with van der Waals surface area (Å²) in [7, 11) is 0. The van der Waals surface area contributed by atoms with E-state index in [-0.39, 0.29) is 0 Å². The van der Waals surface area contributed by atoms with Crippen molar-refractivity contribution >= 4 is 11.3 Å². The molecule has 1 saturated heterocycles. The van der Waals surface area contributed by atoms with Crippen molar-refractivity contribution in [2.24, 2.45) is 5.92 Å². The summed E-state index contributed by atoms with van der Waals surface area (Å²) in [6, 6.07) is 3.69. The van der Waals surface area contributed by atoms with E-state index in [0.717, 1.165) is 12.0 Å². The van der Waals surface area contributed by atoms with Gasteiger partial charge in [-0.25, -0.2) is 0 Å². The fourth-order valence-corrected chi connectivity index (χ4v) is 4.79. The van der Waals surface area contributed by atoms with Gasteiger partial charge < -0.3 is 5.32 Å². The van der Waals surface area contributed by atoms with E-state index in [2.05, 4.69) is 34.0 Å². The van der Waals surface area contributed by atoms with Crippen LogP contribution in [0.15, 0.2) is 16.8 Å². The smallest absolute Gasteiger partial charge is 0.0223 e. The van der Waals surface area contributed by atoms with Crippen molar-refractivity contribution < 1.29 is 0 Å².